The summed E-state index contributed by atoms with van der Waals surface area (Å²) in [4.78, 5) is 34.9. The van der Waals surface area contributed by atoms with Crippen molar-refractivity contribution >= 4 is 17.8 Å². The highest BCUT2D eigenvalue weighted by molar-refractivity contribution is 5.96. The number of nitrogens with one attached hydrogen (secondary N) is 1. The van der Waals surface area contributed by atoms with Gasteiger partial charge in [-0.1, -0.05) is 0 Å². The van der Waals surface area contributed by atoms with Crippen LogP contribution in [0.25, 0.3) is 0 Å². The second kappa shape index (κ2) is 7.88. The number of amides is 2. The molecule has 0 saturated heterocycles. The molecule has 1 aromatic carbocycles. The van der Waals surface area contributed by atoms with E-state index in [0.29, 0.717) is 17.9 Å². The molecule has 0 aliphatic heterocycles. The number of carbonyl (C=O) groups excluding carboxylic acids is 2. The molecule has 1 rings (SSSR count). The van der Waals surface area contributed by atoms with Gasteiger partial charge in [-0.05, 0) is 31.2 Å². The zero-order chi connectivity index (χ0) is 15.8. The number of ether oxygens (including phenoxy) is 1. The van der Waals surface area contributed by atoms with Crippen LogP contribution < -0.4 is 10.1 Å². The number of carboxylic acid groups (broad SMARTS) is 1. The molecule has 0 fully saturated rings. The molecule has 1 aromatic rings. The summed E-state index contributed by atoms with van der Waals surface area (Å²) in [6.45, 7) is 1.74. The van der Waals surface area contributed by atoms with Gasteiger partial charge in [0.2, 0.25) is 5.91 Å². The maximum Gasteiger partial charge on any atom is 0.323 e. The van der Waals surface area contributed by atoms with Crippen molar-refractivity contribution in [2.24, 2.45) is 0 Å². The third kappa shape index (κ3) is 5.52. The van der Waals surface area contributed by atoms with Crippen LogP contribution in [0.5, 0.6) is 5.75 Å². The normalized spacial score (nSPS) is 9.81. The molecule has 7 nitrogen and oxygen atoms in total. The summed E-state index contributed by atoms with van der Waals surface area (Å²) in [5.41, 5.74) is 0.396. The third-order valence-electron chi connectivity index (χ3n) is 2.63. The van der Waals surface area contributed by atoms with E-state index in [2.05, 4.69) is 5.32 Å². The smallest absolute Gasteiger partial charge is 0.323 e. The molecular formula is C14H18N2O5. The molecule has 0 unspecified atom stereocenters. The molecule has 2 N–H and O–H groups in total. The van der Waals surface area contributed by atoms with Crippen LogP contribution in [0.2, 0.25) is 0 Å². The van der Waals surface area contributed by atoms with Crippen LogP contribution in [0.3, 0.4) is 0 Å². The molecule has 2 amide bonds. The molecule has 0 radical (unpaired) electrons. The summed E-state index contributed by atoms with van der Waals surface area (Å²) in [5.74, 6) is -1.33. The van der Waals surface area contributed by atoms with E-state index in [4.69, 9.17) is 9.84 Å². The lowest BCUT2D eigenvalue weighted by molar-refractivity contribution is -0.143. The summed E-state index contributed by atoms with van der Waals surface area (Å²) < 4.78 is 5.26. The quantitative estimate of drug-likeness (QED) is 0.757. The van der Waals surface area contributed by atoms with Gasteiger partial charge >= 0.3 is 5.97 Å². The summed E-state index contributed by atoms with van der Waals surface area (Å²) >= 11 is 0. The molecular weight excluding hydrogens is 276 g/mol. The number of carboxylic acids is 1. The Hall–Kier alpha value is -2.57. The molecule has 0 saturated carbocycles. The van der Waals surface area contributed by atoms with Crippen LogP contribution in [0.1, 0.15) is 17.3 Å². The topological polar surface area (TPSA) is 95.9 Å². The van der Waals surface area contributed by atoms with Gasteiger partial charge in [0.1, 0.15) is 12.3 Å². The van der Waals surface area contributed by atoms with E-state index in [9.17, 15) is 14.4 Å². The molecule has 0 aliphatic carbocycles. The first-order valence-electron chi connectivity index (χ1n) is 6.40. The van der Waals surface area contributed by atoms with Gasteiger partial charge in [0, 0.05) is 12.6 Å². The number of likely N-dealkylation sites (N-methyl/N-ethyl adjacent to an activating group) is 1. The summed E-state index contributed by atoms with van der Waals surface area (Å²) in [5, 5.41) is 11.0. The van der Waals surface area contributed by atoms with Crippen molar-refractivity contribution in [3.8, 4) is 5.75 Å². The summed E-state index contributed by atoms with van der Waals surface area (Å²) in [6.07, 6.45) is 0. The predicted octanol–water partition coefficient (Wildman–Crippen LogP) is 0.358. The second-order valence-electron chi connectivity index (χ2n) is 4.28. The lowest BCUT2D eigenvalue weighted by Crippen LogP contribution is -2.40. The minimum absolute atomic E-state index is 0.254. The number of rotatable bonds is 7. The van der Waals surface area contributed by atoms with E-state index in [-0.39, 0.29) is 6.54 Å². The fourth-order valence-electron chi connectivity index (χ4n) is 1.55. The Morgan fingerprint density at radius 1 is 1.24 bits per heavy atom. The van der Waals surface area contributed by atoms with Crippen molar-refractivity contribution in [2.75, 3.05) is 26.7 Å². The fourth-order valence-corrected chi connectivity index (χ4v) is 1.55. The highest BCUT2D eigenvalue weighted by Crippen LogP contribution is 2.11. The van der Waals surface area contributed by atoms with Gasteiger partial charge in [0.15, 0.2) is 0 Å². The van der Waals surface area contributed by atoms with Crippen LogP contribution in [-0.2, 0) is 9.59 Å². The van der Waals surface area contributed by atoms with E-state index >= 15 is 0 Å². The van der Waals surface area contributed by atoms with Crippen molar-refractivity contribution in [3.63, 3.8) is 0 Å². The van der Waals surface area contributed by atoms with E-state index in [1.165, 1.54) is 7.05 Å². The van der Waals surface area contributed by atoms with E-state index < -0.39 is 24.3 Å². The van der Waals surface area contributed by atoms with Crippen molar-refractivity contribution in [1.29, 1.82) is 0 Å². The van der Waals surface area contributed by atoms with Gasteiger partial charge in [-0.2, -0.15) is 0 Å². The zero-order valence-electron chi connectivity index (χ0n) is 12.0. The largest absolute Gasteiger partial charge is 0.494 e. The lowest BCUT2D eigenvalue weighted by atomic mass is 10.2. The fraction of sp³-hybridized carbons (Fsp3) is 0.357. The Morgan fingerprint density at radius 3 is 2.38 bits per heavy atom. The average Bonchev–Trinajstić information content (AvgIpc) is 2.44. The van der Waals surface area contributed by atoms with Gasteiger partial charge in [-0.3, -0.25) is 14.4 Å². The van der Waals surface area contributed by atoms with Gasteiger partial charge in [0.25, 0.3) is 5.91 Å². The van der Waals surface area contributed by atoms with Crippen LogP contribution in [-0.4, -0.2) is 54.5 Å². The van der Waals surface area contributed by atoms with Gasteiger partial charge < -0.3 is 20.1 Å². The number of aliphatic carboxylic acids is 1. The number of hydrogen-bond donors (Lipinski definition) is 2. The number of nitrogens with zero attached hydrogens (tertiary/aromatic N) is 1. The van der Waals surface area contributed by atoms with E-state index in [1.54, 1.807) is 24.3 Å². The average molecular weight is 294 g/mol. The highest BCUT2D eigenvalue weighted by Gasteiger charge is 2.13. The predicted molar refractivity (Wildman–Crippen MR) is 75.2 cm³/mol. The summed E-state index contributed by atoms with van der Waals surface area (Å²) in [7, 11) is 1.36. The molecule has 0 aromatic heterocycles. The first-order valence-corrected chi connectivity index (χ1v) is 6.40. The second-order valence-corrected chi connectivity index (χ2v) is 4.28. The molecule has 114 valence electrons. The molecule has 7 heteroatoms. The van der Waals surface area contributed by atoms with Crippen LogP contribution >= 0.6 is 0 Å². The molecule has 0 atom stereocenters. The first-order chi connectivity index (χ1) is 9.93. The Kier molecular flexibility index (Phi) is 6.19. The van der Waals surface area contributed by atoms with Crippen LogP contribution in [0, 0.1) is 0 Å². The SMILES string of the molecule is CCOc1ccc(C(=O)NCC(=O)N(C)CC(=O)O)cc1. The first kappa shape index (κ1) is 16.5. The summed E-state index contributed by atoms with van der Waals surface area (Å²) in [6, 6.07) is 6.51. The Labute approximate surface area is 122 Å². The monoisotopic (exact) mass is 294 g/mol. The van der Waals surface area contributed by atoms with E-state index in [0.717, 1.165) is 4.90 Å². The molecule has 0 aliphatic rings. The Bertz CT molecular complexity index is 513. The molecule has 0 bridgehead atoms. The number of hydrogen-bond acceptors (Lipinski definition) is 4. The van der Waals surface area contributed by atoms with Gasteiger partial charge in [0.05, 0.1) is 13.2 Å². The van der Waals surface area contributed by atoms with Crippen LogP contribution in [0.4, 0.5) is 0 Å². The standard InChI is InChI=1S/C14H18N2O5/c1-3-21-11-6-4-10(5-7-11)14(20)15-8-12(17)16(2)9-13(18)19/h4-7H,3,8-9H2,1-2H3,(H,15,20)(H,18,19). The zero-order valence-corrected chi connectivity index (χ0v) is 12.0. The molecule has 0 heterocycles. The van der Waals surface area contributed by atoms with Gasteiger partial charge in [-0.15, -0.1) is 0 Å². The van der Waals surface area contributed by atoms with Crippen molar-refractivity contribution in [3.05, 3.63) is 29.8 Å². The third-order valence-corrected chi connectivity index (χ3v) is 2.63. The van der Waals surface area contributed by atoms with Crippen molar-refractivity contribution in [2.45, 2.75) is 6.92 Å². The van der Waals surface area contributed by atoms with Gasteiger partial charge in [-0.25, -0.2) is 0 Å². The lowest BCUT2D eigenvalue weighted by Gasteiger charge is -2.14. The highest BCUT2D eigenvalue weighted by atomic mass is 16.5. The van der Waals surface area contributed by atoms with Crippen molar-refractivity contribution < 1.29 is 24.2 Å². The number of benzene rings is 1. The number of carbonyl (C=O) groups is 3. The Morgan fingerprint density at radius 2 is 1.86 bits per heavy atom. The van der Waals surface area contributed by atoms with Crippen LogP contribution in [0.15, 0.2) is 24.3 Å². The molecule has 21 heavy (non-hydrogen) atoms. The maximum absolute atomic E-state index is 11.8. The van der Waals surface area contributed by atoms with E-state index in [1.807, 2.05) is 6.92 Å². The minimum atomic E-state index is -1.11. The minimum Gasteiger partial charge on any atom is -0.494 e. The van der Waals surface area contributed by atoms with Crippen molar-refractivity contribution in [1.82, 2.24) is 10.2 Å². The maximum atomic E-state index is 11.8. The molecule has 0 spiro atoms. The Balaban J connectivity index is 2.49.